The summed E-state index contributed by atoms with van der Waals surface area (Å²) in [5.41, 5.74) is 2.15. The lowest BCUT2D eigenvalue weighted by molar-refractivity contribution is 0.102. The molecule has 1 amide bonds. The maximum Gasteiger partial charge on any atom is 0.259 e. The lowest BCUT2D eigenvalue weighted by atomic mass is 10.0. The molecule has 1 fully saturated rings. The van der Waals surface area contributed by atoms with Gasteiger partial charge in [-0.05, 0) is 42.5 Å². The van der Waals surface area contributed by atoms with E-state index in [4.69, 9.17) is 4.74 Å². The zero-order chi connectivity index (χ0) is 23.7. The van der Waals surface area contributed by atoms with E-state index in [0.29, 0.717) is 48.4 Å². The van der Waals surface area contributed by atoms with E-state index < -0.39 is 15.9 Å². The zero-order valence-electron chi connectivity index (χ0n) is 19.0. The first kappa shape index (κ1) is 22.4. The number of amides is 1. The van der Waals surface area contributed by atoms with Crippen molar-refractivity contribution in [2.24, 2.45) is 5.92 Å². The van der Waals surface area contributed by atoms with Crippen LogP contribution in [0, 0.1) is 5.92 Å². The van der Waals surface area contributed by atoms with E-state index in [-0.39, 0.29) is 10.5 Å². The van der Waals surface area contributed by atoms with Crippen molar-refractivity contribution in [3.8, 4) is 11.5 Å². The van der Waals surface area contributed by atoms with Crippen LogP contribution >= 0.6 is 0 Å². The van der Waals surface area contributed by atoms with Crippen LogP contribution in [0.4, 0.5) is 11.4 Å². The Morgan fingerprint density at radius 2 is 1.71 bits per heavy atom. The van der Waals surface area contributed by atoms with Crippen LogP contribution in [-0.4, -0.2) is 31.7 Å². The van der Waals surface area contributed by atoms with Gasteiger partial charge in [0, 0.05) is 25.7 Å². The standard InChI is InChI=1S/C26H27N3O4S/c1-18-11-13-29(14-12-18)34(31,32)25-15-20-24(16-22(25)27-17-19-7-3-2-4-8-19)33-23-10-6-5-9-21(23)28-26(20)30/h2-10,15-16,18,27H,11-14,17H2,1H3,(H,28,30). The predicted octanol–water partition coefficient (Wildman–Crippen LogP) is 5.08. The number of hydrogen-bond acceptors (Lipinski definition) is 5. The number of benzene rings is 3. The molecule has 3 aromatic carbocycles. The van der Waals surface area contributed by atoms with Crippen molar-refractivity contribution in [3.05, 3.63) is 77.9 Å². The summed E-state index contributed by atoms with van der Waals surface area (Å²) >= 11 is 0. The number of carbonyl (C=O) groups excluding carboxylic acids is 1. The normalized spacial score (nSPS) is 16.6. The van der Waals surface area contributed by atoms with E-state index >= 15 is 0 Å². The number of rotatable bonds is 5. The summed E-state index contributed by atoms with van der Waals surface area (Å²) in [6, 6.07) is 19.9. The van der Waals surface area contributed by atoms with E-state index in [1.165, 1.54) is 10.4 Å². The van der Waals surface area contributed by atoms with E-state index in [1.54, 1.807) is 24.3 Å². The number of nitrogens with one attached hydrogen (secondary N) is 2. The first-order chi connectivity index (χ1) is 16.4. The number of hydrogen-bond donors (Lipinski definition) is 2. The highest BCUT2D eigenvalue weighted by atomic mass is 32.2. The minimum absolute atomic E-state index is 0.0847. The summed E-state index contributed by atoms with van der Waals surface area (Å²) in [6.07, 6.45) is 1.63. The van der Waals surface area contributed by atoms with Gasteiger partial charge >= 0.3 is 0 Å². The van der Waals surface area contributed by atoms with Gasteiger partial charge in [-0.1, -0.05) is 49.4 Å². The average Bonchev–Trinajstić information content (AvgIpc) is 2.98. The summed E-state index contributed by atoms with van der Waals surface area (Å²) in [5, 5.41) is 6.10. The summed E-state index contributed by atoms with van der Waals surface area (Å²) < 4.78 is 35.1. The fourth-order valence-corrected chi connectivity index (χ4v) is 5.94. The number of carbonyl (C=O) groups is 1. The number of anilines is 2. The van der Waals surface area contributed by atoms with Crippen LogP contribution < -0.4 is 15.4 Å². The third-order valence-corrected chi connectivity index (χ3v) is 8.31. The van der Waals surface area contributed by atoms with Gasteiger partial charge in [-0.25, -0.2) is 8.42 Å². The molecule has 0 unspecified atom stereocenters. The van der Waals surface area contributed by atoms with Crippen molar-refractivity contribution in [2.75, 3.05) is 23.7 Å². The second-order valence-corrected chi connectivity index (χ2v) is 10.7. The molecule has 1 saturated heterocycles. The predicted molar refractivity (Wildman–Crippen MR) is 132 cm³/mol. The number of fused-ring (bicyclic) bond motifs is 2. The Labute approximate surface area is 199 Å². The highest BCUT2D eigenvalue weighted by molar-refractivity contribution is 7.89. The highest BCUT2D eigenvalue weighted by Crippen LogP contribution is 2.40. The van der Waals surface area contributed by atoms with Crippen LogP contribution in [0.1, 0.15) is 35.7 Å². The van der Waals surface area contributed by atoms with Gasteiger partial charge in [-0.15, -0.1) is 0 Å². The molecule has 0 atom stereocenters. The Morgan fingerprint density at radius 1 is 1.00 bits per heavy atom. The molecular formula is C26H27N3O4S. The number of sulfonamides is 1. The summed E-state index contributed by atoms with van der Waals surface area (Å²) in [5.74, 6) is 0.901. The lowest BCUT2D eigenvalue weighted by Gasteiger charge is -2.30. The van der Waals surface area contributed by atoms with Crippen molar-refractivity contribution in [1.82, 2.24) is 4.31 Å². The maximum atomic E-state index is 13.7. The molecule has 2 N–H and O–H groups in total. The second kappa shape index (κ2) is 9.12. The first-order valence-corrected chi connectivity index (χ1v) is 12.9. The maximum absolute atomic E-state index is 13.7. The van der Waals surface area contributed by atoms with Crippen molar-refractivity contribution in [1.29, 1.82) is 0 Å². The minimum atomic E-state index is -3.82. The molecule has 0 bridgehead atoms. The molecule has 7 nitrogen and oxygen atoms in total. The van der Waals surface area contributed by atoms with Crippen LogP contribution in [-0.2, 0) is 16.6 Å². The Morgan fingerprint density at radius 3 is 2.47 bits per heavy atom. The molecule has 0 aliphatic carbocycles. The first-order valence-electron chi connectivity index (χ1n) is 11.5. The van der Waals surface area contributed by atoms with Gasteiger partial charge in [0.2, 0.25) is 10.0 Å². The summed E-state index contributed by atoms with van der Waals surface area (Å²) in [6.45, 7) is 3.50. The van der Waals surface area contributed by atoms with Crippen LogP contribution in [0.3, 0.4) is 0 Å². The van der Waals surface area contributed by atoms with Crippen LogP contribution in [0.15, 0.2) is 71.6 Å². The number of nitrogens with zero attached hydrogens (tertiary/aromatic N) is 1. The van der Waals surface area contributed by atoms with Crippen LogP contribution in [0.5, 0.6) is 11.5 Å². The molecule has 3 aromatic rings. The molecule has 2 aliphatic heterocycles. The number of piperidine rings is 1. The van der Waals surface area contributed by atoms with Gasteiger partial charge in [-0.2, -0.15) is 4.31 Å². The SMILES string of the molecule is CC1CCN(S(=O)(=O)c2cc3c(cc2NCc2ccccc2)Oc2ccccc2NC3=O)CC1. The lowest BCUT2D eigenvalue weighted by Crippen LogP contribution is -2.38. The van der Waals surface area contributed by atoms with Crippen molar-refractivity contribution in [2.45, 2.75) is 31.2 Å². The Balaban J connectivity index is 1.58. The van der Waals surface area contributed by atoms with Crippen LogP contribution in [0.2, 0.25) is 0 Å². The van der Waals surface area contributed by atoms with Crippen molar-refractivity contribution >= 4 is 27.3 Å². The Bertz CT molecular complexity index is 1320. The molecule has 0 saturated carbocycles. The zero-order valence-corrected chi connectivity index (χ0v) is 19.8. The summed E-state index contributed by atoms with van der Waals surface area (Å²) in [7, 11) is -3.82. The molecule has 0 spiro atoms. The van der Waals surface area contributed by atoms with Crippen molar-refractivity contribution in [3.63, 3.8) is 0 Å². The van der Waals surface area contributed by atoms with Gasteiger partial charge in [0.05, 0.1) is 16.9 Å². The summed E-state index contributed by atoms with van der Waals surface area (Å²) in [4.78, 5) is 13.1. The van der Waals surface area contributed by atoms with Crippen molar-refractivity contribution < 1.29 is 17.9 Å². The van der Waals surface area contributed by atoms with Gasteiger partial charge in [-0.3, -0.25) is 4.79 Å². The van der Waals surface area contributed by atoms with E-state index in [1.807, 2.05) is 36.4 Å². The highest BCUT2D eigenvalue weighted by Gasteiger charge is 2.33. The molecule has 8 heteroatoms. The quantitative estimate of drug-likeness (QED) is 0.535. The van der Waals surface area contributed by atoms with E-state index in [2.05, 4.69) is 17.6 Å². The van der Waals surface area contributed by atoms with Gasteiger partial charge in [0.25, 0.3) is 5.91 Å². The Hall–Kier alpha value is -3.36. The third kappa shape index (κ3) is 4.38. The second-order valence-electron chi connectivity index (χ2n) is 8.82. The van der Waals surface area contributed by atoms with Gasteiger partial charge in [0.1, 0.15) is 10.6 Å². The van der Waals surface area contributed by atoms with E-state index in [9.17, 15) is 13.2 Å². The molecule has 2 aliphatic rings. The molecule has 5 rings (SSSR count). The third-order valence-electron chi connectivity index (χ3n) is 6.37. The molecule has 2 heterocycles. The Kier molecular flexibility index (Phi) is 6.02. The number of ether oxygens (including phenoxy) is 1. The fraction of sp³-hybridized carbons (Fsp3) is 0.269. The average molecular weight is 478 g/mol. The van der Waals surface area contributed by atoms with Gasteiger partial charge in [0.15, 0.2) is 5.75 Å². The molecule has 34 heavy (non-hydrogen) atoms. The number of para-hydroxylation sites is 2. The topological polar surface area (TPSA) is 87.7 Å². The van der Waals surface area contributed by atoms with Gasteiger partial charge < -0.3 is 15.4 Å². The molecular weight excluding hydrogens is 450 g/mol. The smallest absolute Gasteiger partial charge is 0.259 e. The van der Waals surface area contributed by atoms with Crippen LogP contribution in [0.25, 0.3) is 0 Å². The monoisotopic (exact) mass is 477 g/mol. The fourth-order valence-electron chi connectivity index (χ4n) is 4.30. The molecule has 0 aromatic heterocycles. The largest absolute Gasteiger partial charge is 0.454 e. The molecule has 0 radical (unpaired) electrons. The minimum Gasteiger partial charge on any atom is -0.454 e. The van der Waals surface area contributed by atoms with E-state index in [0.717, 1.165) is 18.4 Å². The molecule has 176 valence electrons.